The second kappa shape index (κ2) is 5.45. The molecule has 0 aliphatic heterocycles. The number of aryl methyl sites for hydroxylation is 1. The zero-order chi connectivity index (χ0) is 11.3. The third kappa shape index (κ3) is 3.67. The van der Waals surface area contributed by atoms with Gasteiger partial charge in [-0.15, -0.1) is 5.10 Å². The van der Waals surface area contributed by atoms with Crippen molar-refractivity contribution in [2.45, 2.75) is 32.8 Å². The fraction of sp³-hybridized carbons (Fsp3) is 0.667. The summed E-state index contributed by atoms with van der Waals surface area (Å²) < 4.78 is 0. The van der Waals surface area contributed by atoms with Gasteiger partial charge in [0.2, 0.25) is 5.82 Å². The molecular weight excluding hydrogens is 196 g/mol. The first-order chi connectivity index (χ1) is 7.13. The molecule has 1 atom stereocenters. The first-order valence-electron chi connectivity index (χ1n) is 4.98. The number of aromatic nitrogens is 3. The number of H-pyrrole nitrogens is 1. The fourth-order valence-corrected chi connectivity index (χ4v) is 1.08. The van der Waals surface area contributed by atoms with Gasteiger partial charge in [0.1, 0.15) is 5.82 Å². The molecule has 1 amide bonds. The monoisotopic (exact) mass is 212 g/mol. The lowest BCUT2D eigenvalue weighted by Crippen LogP contribution is -2.27. The summed E-state index contributed by atoms with van der Waals surface area (Å²) in [5.41, 5.74) is 0. The van der Waals surface area contributed by atoms with E-state index in [0.29, 0.717) is 25.2 Å². The largest absolute Gasteiger partial charge is 0.393 e. The Morgan fingerprint density at radius 3 is 2.93 bits per heavy atom. The highest BCUT2D eigenvalue weighted by atomic mass is 16.3. The smallest absolute Gasteiger partial charge is 0.290 e. The summed E-state index contributed by atoms with van der Waals surface area (Å²) in [5.74, 6) is 0.426. The van der Waals surface area contributed by atoms with Crippen molar-refractivity contribution in [1.82, 2.24) is 20.5 Å². The molecule has 0 radical (unpaired) electrons. The highest BCUT2D eigenvalue weighted by Gasteiger charge is 2.10. The Labute approximate surface area is 88.1 Å². The maximum Gasteiger partial charge on any atom is 0.290 e. The van der Waals surface area contributed by atoms with E-state index in [4.69, 9.17) is 0 Å². The third-order valence-electron chi connectivity index (χ3n) is 2.03. The van der Waals surface area contributed by atoms with Crippen LogP contribution in [-0.4, -0.2) is 38.8 Å². The van der Waals surface area contributed by atoms with Gasteiger partial charge in [0.15, 0.2) is 0 Å². The van der Waals surface area contributed by atoms with Crippen LogP contribution in [0.3, 0.4) is 0 Å². The number of nitrogens with one attached hydrogen (secondary N) is 2. The molecule has 0 aliphatic carbocycles. The molecular formula is C9H16N4O2. The minimum atomic E-state index is -0.362. The predicted molar refractivity (Wildman–Crippen MR) is 54.4 cm³/mol. The minimum absolute atomic E-state index is 0.137. The summed E-state index contributed by atoms with van der Waals surface area (Å²) in [4.78, 5) is 15.3. The summed E-state index contributed by atoms with van der Waals surface area (Å²) in [6.45, 7) is 4.05. The molecule has 0 aliphatic rings. The normalized spacial score (nSPS) is 12.5. The van der Waals surface area contributed by atoms with E-state index in [1.165, 1.54) is 0 Å². The molecule has 0 saturated heterocycles. The average molecular weight is 212 g/mol. The quantitative estimate of drug-likeness (QED) is 0.641. The summed E-state index contributed by atoms with van der Waals surface area (Å²) in [6.07, 6.45) is 0.876. The molecule has 6 heteroatoms. The molecule has 0 aromatic carbocycles. The van der Waals surface area contributed by atoms with Crippen molar-refractivity contribution < 1.29 is 9.90 Å². The molecule has 0 bridgehead atoms. The Balaban J connectivity index is 2.31. The van der Waals surface area contributed by atoms with Gasteiger partial charge in [-0.1, -0.05) is 6.92 Å². The maximum atomic E-state index is 11.4. The minimum Gasteiger partial charge on any atom is -0.393 e. The van der Waals surface area contributed by atoms with E-state index in [2.05, 4.69) is 20.5 Å². The van der Waals surface area contributed by atoms with Crippen LogP contribution in [0.1, 0.15) is 36.2 Å². The van der Waals surface area contributed by atoms with Gasteiger partial charge in [0, 0.05) is 6.54 Å². The van der Waals surface area contributed by atoms with Gasteiger partial charge in [-0.3, -0.25) is 9.89 Å². The van der Waals surface area contributed by atoms with Crippen LogP contribution in [0.5, 0.6) is 0 Å². The first kappa shape index (κ1) is 11.6. The second-order valence-corrected chi connectivity index (χ2v) is 3.35. The van der Waals surface area contributed by atoms with Crippen molar-refractivity contribution in [2.24, 2.45) is 0 Å². The zero-order valence-corrected chi connectivity index (χ0v) is 8.95. The van der Waals surface area contributed by atoms with E-state index >= 15 is 0 Å². The van der Waals surface area contributed by atoms with Crippen LogP contribution in [-0.2, 0) is 0 Å². The number of nitrogens with zero attached hydrogens (tertiary/aromatic N) is 2. The highest BCUT2D eigenvalue weighted by molar-refractivity contribution is 5.90. The van der Waals surface area contributed by atoms with E-state index < -0.39 is 0 Å². The van der Waals surface area contributed by atoms with Gasteiger partial charge < -0.3 is 10.4 Å². The zero-order valence-electron chi connectivity index (χ0n) is 8.95. The van der Waals surface area contributed by atoms with Gasteiger partial charge in [0.05, 0.1) is 6.10 Å². The van der Waals surface area contributed by atoms with Crippen LogP contribution in [0.2, 0.25) is 0 Å². The van der Waals surface area contributed by atoms with Crippen LogP contribution in [0.25, 0.3) is 0 Å². The highest BCUT2D eigenvalue weighted by Crippen LogP contribution is 1.95. The Hall–Kier alpha value is -1.43. The molecule has 1 rings (SSSR count). The SMILES string of the molecule is CCC(O)CCNC(=O)c1n[nH]c(C)n1. The van der Waals surface area contributed by atoms with E-state index in [1.807, 2.05) is 6.92 Å². The Morgan fingerprint density at radius 2 is 2.40 bits per heavy atom. The summed E-state index contributed by atoms with van der Waals surface area (Å²) in [6, 6.07) is 0. The van der Waals surface area contributed by atoms with Gasteiger partial charge in [-0.2, -0.15) is 0 Å². The summed E-state index contributed by atoms with van der Waals surface area (Å²) in [7, 11) is 0. The molecule has 1 aromatic heterocycles. The number of rotatable bonds is 5. The summed E-state index contributed by atoms with van der Waals surface area (Å²) >= 11 is 0. The van der Waals surface area contributed by atoms with Crippen molar-refractivity contribution in [1.29, 1.82) is 0 Å². The number of carbonyl (C=O) groups is 1. The number of aromatic amines is 1. The van der Waals surface area contributed by atoms with Crippen molar-refractivity contribution in [3.8, 4) is 0 Å². The van der Waals surface area contributed by atoms with Crippen LogP contribution in [0.15, 0.2) is 0 Å². The van der Waals surface area contributed by atoms with E-state index in [9.17, 15) is 9.90 Å². The number of hydrogen-bond acceptors (Lipinski definition) is 4. The molecule has 1 heterocycles. The third-order valence-corrected chi connectivity index (χ3v) is 2.03. The number of aliphatic hydroxyl groups excluding tert-OH is 1. The summed E-state index contributed by atoms with van der Waals surface area (Å²) in [5, 5.41) is 18.2. The van der Waals surface area contributed by atoms with Crippen molar-refractivity contribution in [3.63, 3.8) is 0 Å². The van der Waals surface area contributed by atoms with Crippen LogP contribution in [0, 0.1) is 6.92 Å². The van der Waals surface area contributed by atoms with E-state index in [0.717, 1.165) is 0 Å². The van der Waals surface area contributed by atoms with Gasteiger partial charge in [-0.25, -0.2) is 4.98 Å². The molecule has 0 spiro atoms. The number of aliphatic hydroxyl groups is 1. The lowest BCUT2D eigenvalue weighted by Gasteiger charge is -2.07. The van der Waals surface area contributed by atoms with Crippen LogP contribution in [0.4, 0.5) is 0 Å². The predicted octanol–water partition coefficient (Wildman–Crippen LogP) is 0.00392. The molecule has 15 heavy (non-hydrogen) atoms. The molecule has 0 saturated carbocycles. The lowest BCUT2D eigenvalue weighted by molar-refractivity contribution is 0.0932. The van der Waals surface area contributed by atoms with Gasteiger partial charge in [0.25, 0.3) is 5.91 Å². The fourth-order valence-electron chi connectivity index (χ4n) is 1.08. The number of amides is 1. The standard InChI is InChI=1S/C9H16N4O2/c1-3-7(14)4-5-10-9(15)8-11-6(2)12-13-8/h7,14H,3-5H2,1-2H3,(H,10,15)(H,11,12,13). The van der Waals surface area contributed by atoms with Crippen molar-refractivity contribution >= 4 is 5.91 Å². The topological polar surface area (TPSA) is 90.9 Å². The molecule has 1 unspecified atom stereocenters. The Kier molecular flexibility index (Phi) is 4.23. The van der Waals surface area contributed by atoms with Crippen LogP contribution < -0.4 is 5.32 Å². The first-order valence-corrected chi connectivity index (χ1v) is 4.98. The number of hydrogen-bond donors (Lipinski definition) is 3. The molecule has 0 fully saturated rings. The second-order valence-electron chi connectivity index (χ2n) is 3.35. The van der Waals surface area contributed by atoms with E-state index in [-0.39, 0.29) is 17.8 Å². The maximum absolute atomic E-state index is 11.4. The average Bonchev–Trinajstić information content (AvgIpc) is 2.64. The molecule has 6 nitrogen and oxygen atoms in total. The van der Waals surface area contributed by atoms with Crippen molar-refractivity contribution in [3.05, 3.63) is 11.6 Å². The lowest BCUT2D eigenvalue weighted by atomic mass is 10.2. The molecule has 1 aromatic rings. The Morgan fingerprint density at radius 1 is 1.67 bits per heavy atom. The van der Waals surface area contributed by atoms with Gasteiger partial charge in [-0.05, 0) is 19.8 Å². The van der Waals surface area contributed by atoms with E-state index in [1.54, 1.807) is 6.92 Å². The van der Waals surface area contributed by atoms with Gasteiger partial charge >= 0.3 is 0 Å². The Bertz CT molecular complexity index is 324. The number of carbonyl (C=O) groups excluding carboxylic acids is 1. The van der Waals surface area contributed by atoms with Crippen LogP contribution >= 0.6 is 0 Å². The molecule has 84 valence electrons. The van der Waals surface area contributed by atoms with Crippen molar-refractivity contribution in [2.75, 3.05) is 6.54 Å². The molecule has 3 N–H and O–H groups in total.